The second-order valence-corrected chi connectivity index (χ2v) is 9.20. The molecule has 0 amide bonds. The van der Waals surface area contributed by atoms with Crippen molar-refractivity contribution in [3.63, 3.8) is 0 Å². The molecular formula is C24H42F2. The molecule has 0 aromatic heterocycles. The Balaban J connectivity index is 1.51. The van der Waals surface area contributed by atoms with Crippen molar-refractivity contribution in [3.8, 4) is 0 Å². The molecule has 2 heteroatoms. The van der Waals surface area contributed by atoms with Gasteiger partial charge in [-0.2, -0.15) is 8.78 Å². The molecule has 0 aromatic rings. The molecule has 2 aliphatic carbocycles. The van der Waals surface area contributed by atoms with E-state index >= 15 is 0 Å². The molecule has 2 aliphatic rings. The Morgan fingerprint density at radius 3 is 1.73 bits per heavy atom. The van der Waals surface area contributed by atoms with Gasteiger partial charge in [-0.3, -0.25) is 0 Å². The molecular weight excluding hydrogens is 326 g/mol. The topological polar surface area (TPSA) is 0 Å². The molecule has 2 rings (SSSR count). The fraction of sp³-hybridized carbons (Fsp3) is 0.917. The van der Waals surface area contributed by atoms with Crippen LogP contribution in [-0.4, -0.2) is 0 Å². The molecule has 2 fully saturated rings. The van der Waals surface area contributed by atoms with Crippen LogP contribution in [0, 0.1) is 23.7 Å². The van der Waals surface area contributed by atoms with Crippen molar-refractivity contribution >= 4 is 0 Å². The molecule has 0 aromatic carbocycles. The average Bonchev–Trinajstić information content (AvgIpc) is 2.66. The fourth-order valence-electron chi connectivity index (χ4n) is 5.49. The standard InChI is InChI=1S/C24H42F2/c1-2-3-4-5-6-7-8-9-20-10-15-22(16-11-20)23-17-12-21(13-18-23)14-19-24(25)26/h19-23H,2-18H2,1H3/t20-,21?,22-,23?. The van der Waals surface area contributed by atoms with Gasteiger partial charge in [0.1, 0.15) is 0 Å². The minimum absolute atomic E-state index is 0.515. The maximum Gasteiger partial charge on any atom is 0.266 e. The molecule has 0 unspecified atom stereocenters. The molecule has 0 atom stereocenters. The van der Waals surface area contributed by atoms with Crippen LogP contribution in [0.2, 0.25) is 0 Å². The van der Waals surface area contributed by atoms with E-state index in [0.29, 0.717) is 12.3 Å². The maximum absolute atomic E-state index is 12.2. The van der Waals surface area contributed by atoms with Gasteiger partial charge < -0.3 is 0 Å². The van der Waals surface area contributed by atoms with E-state index in [1.54, 1.807) is 0 Å². The van der Waals surface area contributed by atoms with Crippen LogP contribution in [0.4, 0.5) is 8.78 Å². The molecule has 0 heterocycles. The normalized spacial score (nSPS) is 29.5. The van der Waals surface area contributed by atoms with Gasteiger partial charge in [-0.25, -0.2) is 0 Å². The number of unbranched alkanes of at least 4 members (excludes halogenated alkanes) is 6. The van der Waals surface area contributed by atoms with Crippen molar-refractivity contribution in [1.29, 1.82) is 0 Å². The molecule has 0 bridgehead atoms. The van der Waals surface area contributed by atoms with Gasteiger partial charge in [-0.15, -0.1) is 0 Å². The van der Waals surface area contributed by atoms with Crippen LogP contribution < -0.4 is 0 Å². The SMILES string of the molecule is CCCCCCCCC[C@H]1CC[C@H](C2CCC(CC=C(F)F)CC2)CC1. The Morgan fingerprint density at radius 1 is 0.692 bits per heavy atom. The van der Waals surface area contributed by atoms with Gasteiger partial charge in [0.25, 0.3) is 6.08 Å². The first-order valence-electron chi connectivity index (χ1n) is 11.7. The largest absolute Gasteiger partial charge is 0.266 e. The summed E-state index contributed by atoms with van der Waals surface area (Å²) in [6.07, 6.45) is 22.4. The van der Waals surface area contributed by atoms with E-state index in [2.05, 4.69) is 6.92 Å². The van der Waals surface area contributed by atoms with Gasteiger partial charge in [0.05, 0.1) is 0 Å². The lowest BCUT2D eigenvalue weighted by atomic mass is 9.68. The highest BCUT2D eigenvalue weighted by molar-refractivity contribution is 4.87. The van der Waals surface area contributed by atoms with Crippen molar-refractivity contribution in [1.82, 2.24) is 0 Å². The summed E-state index contributed by atoms with van der Waals surface area (Å²) in [5, 5.41) is 0. The van der Waals surface area contributed by atoms with Crippen LogP contribution in [0.25, 0.3) is 0 Å². The van der Waals surface area contributed by atoms with Gasteiger partial charge in [-0.1, -0.05) is 71.1 Å². The Bertz CT molecular complexity index is 370. The molecule has 2 saturated carbocycles. The molecule has 26 heavy (non-hydrogen) atoms. The molecule has 152 valence electrons. The van der Waals surface area contributed by atoms with E-state index in [9.17, 15) is 8.78 Å². The van der Waals surface area contributed by atoms with Crippen LogP contribution in [0.5, 0.6) is 0 Å². The lowest BCUT2D eigenvalue weighted by Gasteiger charge is -2.37. The highest BCUT2D eigenvalue weighted by Crippen LogP contribution is 2.43. The summed E-state index contributed by atoms with van der Waals surface area (Å²) in [5.74, 6) is 3.34. The maximum atomic E-state index is 12.2. The summed E-state index contributed by atoms with van der Waals surface area (Å²) < 4.78 is 24.5. The molecule has 0 saturated heterocycles. The predicted molar refractivity (Wildman–Crippen MR) is 108 cm³/mol. The van der Waals surface area contributed by atoms with Gasteiger partial charge >= 0.3 is 0 Å². The van der Waals surface area contributed by atoms with Crippen LogP contribution in [0.3, 0.4) is 0 Å². The quantitative estimate of drug-likeness (QED) is 0.319. The first-order chi connectivity index (χ1) is 12.7. The van der Waals surface area contributed by atoms with Crippen LogP contribution in [0.15, 0.2) is 12.2 Å². The van der Waals surface area contributed by atoms with Gasteiger partial charge in [0.2, 0.25) is 0 Å². The second-order valence-electron chi connectivity index (χ2n) is 9.20. The highest BCUT2D eigenvalue weighted by atomic mass is 19.3. The Labute approximate surface area is 161 Å². The molecule has 0 radical (unpaired) electrons. The summed E-state index contributed by atoms with van der Waals surface area (Å²) in [4.78, 5) is 0. The third kappa shape index (κ3) is 8.53. The number of hydrogen-bond donors (Lipinski definition) is 0. The third-order valence-electron chi connectivity index (χ3n) is 7.27. The summed E-state index contributed by atoms with van der Waals surface area (Å²) >= 11 is 0. The van der Waals surface area contributed by atoms with Gasteiger partial charge in [0.15, 0.2) is 0 Å². The molecule has 0 nitrogen and oxygen atoms in total. The van der Waals surface area contributed by atoms with Crippen molar-refractivity contribution in [3.05, 3.63) is 12.2 Å². The summed E-state index contributed by atoms with van der Waals surface area (Å²) in [6.45, 7) is 2.28. The van der Waals surface area contributed by atoms with E-state index in [-0.39, 0.29) is 0 Å². The zero-order valence-corrected chi connectivity index (χ0v) is 17.2. The minimum atomic E-state index is -1.49. The zero-order valence-electron chi connectivity index (χ0n) is 17.2. The third-order valence-corrected chi connectivity index (χ3v) is 7.27. The number of hydrogen-bond acceptors (Lipinski definition) is 0. The van der Waals surface area contributed by atoms with Crippen molar-refractivity contribution < 1.29 is 8.78 Å². The van der Waals surface area contributed by atoms with Crippen LogP contribution in [0.1, 0.15) is 116 Å². The average molecular weight is 369 g/mol. The second kappa shape index (κ2) is 12.9. The van der Waals surface area contributed by atoms with Crippen LogP contribution in [-0.2, 0) is 0 Å². The van der Waals surface area contributed by atoms with E-state index < -0.39 is 6.08 Å². The van der Waals surface area contributed by atoms with E-state index in [0.717, 1.165) is 23.8 Å². The highest BCUT2D eigenvalue weighted by Gasteiger charge is 2.30. The monoisotopic (exact) mass is 368 g/mol. The van der Waals surface area contributed by atoms with Gasteiger partial charge in [-0.05, 0) is 74.7 Å². The Morgan fingerprint density at radius 2 is 1.19 bits per heavy atom. The minimum Gasteiger partial charge on any atom is -0.174 e. The number of halogens is 2. The van der Waals surface area contributed by atoms with Gasteiger partial charge in [0, 0.05) is 0 Å². The van der Waals surface area contributed by atoms with Crippen molar-refractivity contribution in [2.45, 2.75) is 116 Å². The number of allylic oxidation sites excluding steroid dienone is 1. The summed E-state index contributed by atoms with van der Waals surface area (Å²) in [6, 6.07) is 0. The lowest BCUT2D eigenvalue weighted by Crippen LogP contribution is -2.25. The summed E-state index contributed by atoms with van der Waals surface area (Å²) in [5.41, 5.74) is 0. The molecule has 0 N–H and O–H groups in total. The molecule has 0 spiro atoms. The first kappa shape index (κ1) is 21.9. The lowest BCUT2D eigenvalue weighted by molar-refractivity contribution is 0.143. The van der Waals surface area contributed by atoms with E-state index in [4.69, 9.17) is 0 Å². The smallest absolute Gasteiger partial charge is 0.174 e. The van der Waals surface area contributed by atoms with Crippen molar-refractivity contribution in [2.75, 3.05) is 0 Å². The summed E-state index contributed by atoms with van der Waals surface area (Å²) in [7, 11) is 0. The fourth-order valence-corrected chi connectivity index (χ4v) is 5.49. The van der Waals surface area contributed by atoms with E-state index in [1.807, 2.05) is 0 Å². The number of rotatable bonds is 11. The molecule has 0 aliphatic heterocycles. The first-order valence-corrected chi connectivity index (χ1v) is 11.7. The van der Waals surface area contributed by atoms with E-state index in [1.165, 1.54) is 103 Å². The predicted octanol–water partition coefficient (Wildman–Crippen LogP) is 8.91. The van der Waals surface area contributed by atoms with Crippen LogP contribution >= 0.6 is 0 Å². The zero-order chi connectivity index (χ0) is 18.6. The Kier molecular flexibility index (Phi) is 10.9. The van der Waals surface area contributed by atoms with Crippen molar-refractivity contribution in [2.24, 2.45) is 23.7 Å². The Hall–Kier alpha value is -0.400.